The standard InChI is InChI=1S/C12H18N2O/c1-14-11(9-4-2-3-5-9)7-6-10(8-13)12(14)15/h6-7,9H,2-5,8,13H2,1H3. The maximum absolute atomic E-state index is 11.9. The molecule has 1 fully saturated rings. The van der Waals surface area contributed by atoms with E-state index in [1.807, 2.05) is 13.1 Å². The Labute approximate surface area is 89.9 Å². The minimum Gasteiger partial charge on any atom is -0.326 e. The fraction of sp³-hybridized carbons (Fsp3) is 0.583. The Kier molecular flexibility index (Phi) is 2.91. The van der Waals surface area contributed by atoms with Crippen molar-refractivity contribution >= 4 is 0 Å². The molecule has 82 valence electrons. The van der Waals surface area contributed by atoms with Crippen molar-refractivity contribution in [1.82, 2.24) is 4.57 Å². The number of hydrogen-bond donors (Lipinski definition) is 1. The fourth-order valence-electron chi connectivity index (χ4n) is 2.49. The van der Waals surface area contributed by atoms with Gasteiger partial charge in [0.05, 0.1) is 0 Å². The van der Waals surface area contributed by atoms with Crippen LogP contribution >= 0.6 is 0 Å². The minimum atomic E-state index is 0.0712. The molecule has 1 aliphatic carbocycles. The van der Waals surface area contributed by atoms with Crippen LogP contribution in [0.15, 0.2) is 16.9 Å². The van der Waals surface area contributed by atoms with Crippen molar-refractivity contribution in [1.29, 1.82) is 0 Å². The lowest BCUT2D eigenvalue weighted by atomic mass is 10.0. The van der Waals surface area contributed by atoms with Gasteiger partial charge in [-0.3, -0.25) is 4.79 Å². The van der Waals surface area contributed by atoms with E-state index in [4.69, 9.17) is 5.73 Å². The van der Waals surface area contributed by atoms with Crippen LogP contribution in [0.1, 0.15) is 42.9 Å². The molecule has 1 heterocycles. The summed E-state index contributed by atoms with van der Waals surface area (Å²) in [4.78, 5) is 11.9. The van der Waals surface area contributed by atoms with E-state index in [-0.39, 0.29) is 5.56 Å². The Morgan fingerprint density at radius 3 is 2.67 bits per heavy atom. The summed E-state index contributed by atoms with van der Waals surface area (Å²) in [6.07, 6.45) is 5.01. The summed E-state index contributed by atoms with van der Waals surface area (Å²) in [5.74, 6) is 0.578. The molecule has 1 saturated carbocycles. The molecule has 0 amide bonds. The first-order valence-corrected chi connectivity index (χ1v) is 5.63. The second-order valence-corrected chi connectivity index (χ2v) is 4.33. The Morgan fingerprint density at radius 2 is 2.07 bits per heavy atom. The number of pyridine rings is 1. The topological polar surface area (TPSA) is 48.0 Å². The van der Waals surface area contributed by atoms with E-state index in [9.17, 15) is 4.79 Å². The van der Waals surface area contributed by atoms with Crippen LogP contribution < -0.4 is 11.3 Å². The van der Waals surface area contributed by atoms with Crippen LogP contribution in [0, 0.1) is 0 Å². The van der Waals surface area contributed by atoms with E-state index in [1.54, 1.807) is 4.57 Å². The van der Waals surface area contributed by atoms with Gasteiger partial charge in [-0.15, -0.1) is 0 Å². The van der Waals surface area contributed by atoms with Gasteiger partial charge in [-0.1, -0.05) is 18.9 Å². The molecule has 2 rings (SSSR count). The van der Waals surface area contributed by atoms with Gasteiger partial charge in [0.2, 0.25) is 0 Å². The molecule has 0 bridgehead atoms. The van der Waals surface area contributed by atoms with Crippen LogP contribution in [0.4, 0.5) is 0 Å². The highest BCUT2D eigenvalue weighted by atomic mass is 16.1. The molecule has 0 spiro atoms. The van der Waals surface area contributed by atoms with Crippen LogP contribution in [-0.2, 0) is 13.6 Å². The average molecular weight is 206 g/mol. The Hall–Kier alpha value is -1.09. The zero-order valence-corrected chi connectivity index (χ0v) is 9.20. The molecule has 2 N–H and O–H groups in total. The normalized spacial score (nSPS) is 17.2. The molecule has 1 aliphatic rings. The van der Waals surface area contributed by atoms with E-state index in [0.29, 0.717) is 18.0 Å². The van der Waals surface area contributed by atoms with E-state index in [2.05, 4.69) is 6.07 Å². The lowest BCUT2D eigenvalue weighted by Crippen LogP contribution is -2.26. The highest BCUT2D eigenvalue weighted by Gasteiger charge is 2.19. The Morgan fingerprint density at radius 1 is 1.40 bits per heavy atom. The summed E-state index contributed by atoms with van der Waals surface area (Å²) < 4.78 is 1.78. The molecule has 1 aromatic heterocycles. The Bertz CT molecular complexity index is 403. The SMILES string of the molecule is Cn1c(C2CCCC2)ccc(CN)c1=O. The first-order chi connectivity index (χ1) is 7.24. The maximum atomic E-state index is 11.9. The summed E-state index contributed by atoms with van der Waals surface area (Å²) in [6.45, 7) is 0.331. The predicted molar refractivity (Wildman–Crippen MR) is 60.8 cm³/mol. The van der Waals surface area contributed by atoms with E-state index in [0.717, 1.165) is 0 Å². The van der Waals surface area contributed by atoms with E-state index >= 15 is 0 Å². The second kappa shape index (κ2) is 4.19. The summed E-state index contributed by atoms with van der Waals surface area (Å²) in [5, 5.41) is 0. The molecule has 0 aromatic carbocycles. The number of aromatic nitrogens is 1. The molecule has 0 radical (unpaired) electrons. The van der Waals surface area contributed by atoms with Gasteiger partial charge in [0, 0.05) is 24.8 Å². The number of nitrogens with two attached hydrogens (primary N) is 1. The van der Waals surface area contributed by atoms with Crippen molar-refractivity contribution in [2.24, 2.45) is 12.8 Å². The van der Waals surface area contributed by atoms with E-state index in [1.165, 1.54) is 31.4 Å². The highest BCUT2D eigenvalue weighted by Crippen LogP contribution is 2.33. The van der Waals surface area contributed by atoms with Gasteiger partial charge < -0.3 is 10.3 Å². The van der Waals surface area contributed by atoms with Crippen molar-refractivity contribution in [3.8, 4) is 0 Å². The molecule has 3 heteroatoms. The van der Waals surface area contributed by atoms with Crippen LogP contribution in [0.5, 0.6) is 0 Å². The predicted octanol–water partition coefficient (Wildman–Crippen LogP) is 1.50. The number of hydrogen-bond acceptors (Lipinski definition) is 2. The van der Waals surface area contributed by atoms with Crippen molar-refractivity contribution in [2.75, 3.05) is 0 Å². The van der Waals surface area contributed by atoms with Gasteiger partial charge in [-0.05, 0) is 24.8 Å². The third kappa shape index (κ3) is 1.84. The smallest absolute Gasteiger partial charge is 0.254 e. The van der Waals surface area contributed by atoms with E-state index < -0.39 is 0 Å². The Balaban J connectivity index is 2.41. The molecule has 0 atom stereocenters. The summed E-state index contributed by atoms with van der Waals surface area (Å²) in [5.41, 5.74) is 7.46. The minimum absolute atomic E-state index is 0.0712. The highest BCUT2D eigenvalue weighted by molar-refractivity contribution is 5.19. The van der Waals surface area contributed by atoms with Gasteiger partial charge >= 0.3 is 0 Å². The van der Waals surface area contributed by atoms with Crippen molar-refractivity contribution < 1.29 is 0 Å². The average Bonchev–Trinajstić information content (AvgIpc) is 2.75. The lowest BCUT2D eigenvalue weighted by molar-refractivity contribution is 0.632. The molecule has 15 heavy (non-hydrogen) atoms. The van der Waals surface area contributed by atoms with Crippen LogP contribution in [0.25, 0.3) is 0 Å². The molecule has 0 saturated heterocycles. The number of rotatable bonds is 2. The van der Waals surface area contributed by atoms with Gasteiger partial charge in [0.15, 0.2) is 0 Å². The van der Waals surface area contributed by atoms with Gasteiger partial charge in [-0.2, -0.15) is 0 Å². The first kappa shape index (κ1) is 10.4. The maximum Gasteiger partial charge on any atom is 0.254 e. The quantitative estimate of drug-likeness (QED) is 0.797. The molecule has 1 aromatic rings. The molecular weight excluding hydrogens is 188 g/mol. The summed E-state index contributed by atoms with van der Waals surface area (Å²) in [6, 6.07) is 3.95. The molecule has 0 unspecified atom stereocenters. The first-order valence-electron chi connectivity index (χ1n) is 5.63. The zero-order chi connectivity index (χ0) is 10.8. The molecular formula is C12H18N2O. The van der Waals surface area contributed by atoms with Crippen LogP contribution in [0.3, 0.4) is 0 Å². The zero-order valence-electron chi connectivity index (χ0n) is 9.20. The fourth-order valence-corrected chi connectivity index (χ4v) is 2.49. The monoisotopic (exact) mass is 206 g/mol. The lowest BCUT2D eigenvalue weighted by Gasteiger charge is -2.15. The largest absolute Gasteiger partial charge is 0.326 e. The number of nitrogens with zero attached hydrogens (tertiary/aromatic N) is 1. The molecule has 3 nitrogen and oxygen atoms in total. The van der Waals surface area contributed by atoms with Crippen LogP contribution in [-0.4, -0.2) is 4.57 Å². The van der Waals surface area contributed by atoms with Crippen molar-refractivity contribution in [2.45, 2.75) is 38.1 Å². The third-order valence-corrected chi connectivity index (χ3v) is 3.42. The van der Waals surface area contributed by atoms with Crippen molar-refractivity contribution in [3.63, 3.8) is 0 Å². The summed E-state index contributed by atoms with van der Waals surface area (Å²) >= 11 is 0. The summed E-state index contributed by atoms with van der Waals surface area (Å²) in [7, 11) is 1.86. The molecule has 0 aliphatic heterocycles. The van der Waals surface area contributed by atoms with Gasteiger partial charge in [0.25, 0.3) is 5.56 Å². The van der Waals surface area contributed by atoms with Crippen molar-refractivity contribution in [3.05, 3.63) is 33.7 Å². The third-order valence-electron chi connectivity index (χ3n) is 3.42. The van der Waals surface area contributed by atoms with Gasteiger partial charge in [-0.25, -0.2) is 0 Å². The van der Waals surface area contributed by atoms with Crippen LogP contribution in [0.2, 0.25) is 0 Å². The van der Waals surface area contributed by atoms with Gasteiger partial charge in [0.1, 0.15) is 0 Å². The second-order valence-electron chi connectivity index (χ2n) is 4.33.